The predicted molar refractivity (Wildman–Crippen MR) is 144 cm³/mol. The quantitative estimate of drug-likeness (QED) is 0.411. The molecule has 1 aliphatic heterocycles. The second-order valence-electron chi connectivity index (χ2n) is 9.57. The van der Waals surface area contributed by atoms with Gasteiger partial charge in [0.15, 0.2) is 6.10 Å². The number of nitrogens with zero attached hydrogens (tertiary/aromatic N) is 2. The van der Waals surface area contributed by atoms with Crippen molar-refractivity contribution >= 4 is 39.1 Å². The molecule has 1 aliphatic rings. The van der Waals surface area contributed by atoms with Gasteiger partial charge in [-0.05, 0) is 67.1 Å². The number of piperazine rings is 1. The number of carboxylic acids is 1. The summed E-state index contributed by atoms with van der Waals surface area (Å²) >= 11 is 6.10. The van der Waals surface area contributed by atoms with E-state index in [0.717, 1.165) is 23.2 Å². The van der Waals surface area contributed by atoms with Gasteiger partial charge in [0, 0.05) is 49.7 Å². The minimum absolute atomic E-state index is 0.0210. The molecule has 0 aromatic heterocycles. The Kier molecular flexibility index (Phi) is 10.1. The monoisotopic (exact) mass is 550 g/mol. The van der Waals surface area contributed by atoms with Gasteiger partial charge in [0.1, 0.15) is 5.78 Å². The van der Waals surface area contributed by atoms with E-state index < -0.39 is 28.5 Å². The minimum atomic E-state index is -3.66. The molecule has 0 saturated carbocycles. The minimum Gasteiger partial charge on any atom is -0.479 e. The SMILES string of the molecule is CCC(CCc1cc(S(=O)(=O)N2CCN(c3cccc(Cl)c3)CC2)ccc1C)CC(=O)CC(O)C(=O)O. The predicted octanol–water partition coefficient (Wildman–Crippen LogP) is 3.91. The number of aryl methyl sites for hydroxylation is 2. The summed E-state index contributed by atoms with van der Waals surface area (Å²) in [5.41, 5.74) is 2.87. The molecule has 2 unspecified atom stereocenters. The van der Waals surface area contributed by atoms with E-state index in [-0.39, 0.29) is 23.0 Å². The molecule has 2 N–H and O–H groups in total. The molecule has 0 bridgehead atoms. The summed E-state index contributed by atoms with van der Waals surface area (Å²) in [4.78, 5) is 25.4. The van der Waals surface area contributed by atoms with Crippen molar-refractivity contribution in [1.82, 2.24) is 4.31 Å². The molecule has 1 heterocycles. The van der Waals surface area contributed by atoms with Crippen molar-refractivity contribution in [3.8, 4) is 0 Å². The van der Waals surface area contributed by atoms with Gasteiger partial charge in [-0.2, -0.15) is 4.31 Å². The van der Waals surface area contributed by atoms with Crippen LogP contribution in [0.25, 0.3) is 0 Å². The number of halogens is 1. The van der Waals surface area contributed by atoms with Gasteiger partial charge in [-0.25, -0.2) is 13.2 Å². The molecule has 0 radical (unpaired) electrons. The molecule has 0 amide bonds. The zero-order valence-electron chi connectivity index (χ0n) is 21.3. The van der Waals surface area contributed by atoms with Gasteiger partial charge in [0.05, 0.1) is 4.90 Å². The first kappa shape index (κ1) is 29.1. The number of Topliss-reactive ketones (excluding diaryl/α,β-unsaturated/α-hetero) is 1. The van der Waals surface area contributed by atoms with Gasteiger partial charge in [0.25, 0.3) is 0 Å². The molecule has 3 rings (SSSR count). The lowest BCUT2D eigenvalue weighted by Crippen LogP contribution is -2.48. The summed E-state index contributed by atoms with van der Waals surface area (Å²) in [5, 5.41) is 18.9. The summed E-state index contributed by atoms with van der Waals surface area (Å²) in [5.74, 6) is -1.67. The molecule has 8 nitrogen and oxygen atoms in total. The first-order valence-electron chi connectivity index (χ1n) is 12.5. The van der Waals surface area contributed by atoms with Crippen LogP contribution in [0.15, 0.2) is 47.4 Å². The van der Waals surface area contributed by atoms with Crippen LogP contribution in [0.4, 0.5) is 5.69 Å². The van der Waals surface area contributed by atoms with Crippen molar-refractivity contribution in [3.63, 3.8) is 0 Å². The van der Waals surface area contributed by atoms with Gasteiger partial charge >= 0.3 is 5.97 Å². The molecule has 10 heteroatoms. The van der Waals surface area contributed by atoms with E-state index in [1.165, 1.54) is 4.31 Å². The largest absolute Gasteiger partial charge is 0.479 e. The van der Waals surface area contributed by atoms with Crippen LogP contribution in [0.1, 0.15) is 43.7 Å². The lowest BCUT2D eigenvalue weighted by Gasteiger charge is -2.35. The Bertz CT molecular complexity index is 1210. The van der Waals surface area contributed by atoms with E-state index in [1.54, 1.807) is 12.1 Å². The average Bonchev–Trinajstić information content (AvgIpc) is 2.87. The summed E-state index contributed by atoms with van der Waals surface area (Å²) in [6.07, 6.45) is 0.0985. The number of hydrogen-bond acceptors (Lipinski definition) is 6. The number of hydrogen-bond donors (Lipinski definition) is 2. The highest BCUT2D eigenvalue weighted by Gasteiger charge is 2.29. The van der Waals surface area contributed by atoms with Crippen molar-refractivity contribution in [1.29, 1.82) is 0 Å². The number of carboxylic acid groups (broad SMARTS) is 1. The van der Waals surface area contributed by atoms with Gasteiger partial charge in [-0.3, -0.25) is 4.79 Å². The number of ketones is 1. The van der Waals surface area contributed by atoms with Gasteiger partial charge in [0.2, 0.25) is 10.0 Å². The summed E-state index contributed by atoms with van der Waals surface area (Å²) < 4.78 is 28.3. The summed E-state index contributed by atoms with van der Waals surface area (Å²) in [6, 6.07) is 12.7. The van der Waals surface area contributed by atoms with Crippen molar-refractivity contribution in [2.75, 3.05) is 31.1 Å². The van der Waals surface area contributed by atoms with Crippen LogP contribution in [-0.2, 0) is 26.0 Å². The number of aliphatic carboxylic acids is 1. The Morgan fingerprint density at radius 3 is 2.38 bits per heavy atom. The number of sulfonamides is 1. The van der Waals surface area contributed by atoms with Crippen molar-refractivity contribution < 1.29 is 28.2 Å². The Hall–Kier alpha value is -2.46. The molecule has 202 valence electrons. The molecular weight excluding hydrogens is 516 g/mol. The third-order valence-corrected chi connectivity index (χ3v) is 9.12. The van der Waals surface area contributed by atoms with Gasteiger partial charge in [-0.15, -0.1) is 0 Å². The van der Waals surface area contributed by atoms with E-state index >= 15 is 0 Å². The second kappa shape index (κ2) is 12.9. The van der Waals surface area contributed by atoms with Crippen molar-refractivity contribution in [3.05, 3.63) is 58.6 Å². The van der Waals surface area contributed by atoms with E-state index in [2.05, 4.69) is 4.90 Å². The highest BCUT2D eigenvalue weighted by molar-refractivity contribution is 7.89. The molecule has 1 saturated heterocycles. The van der Waals surface area contributed by atoms with Crippen LogP contribution in [-0.4, -0.2) is 67.0 Å². The molecule has 2 aromatic rings. The van der Waals surface area contributed by atoms with Gasteiger partial charge in [-0.1, -0.05) is 37.1 Å². The standard InChI is InChI=1S/C27H35ClN2O6S/c1-3-20(15-24(31)18-26(32)27(33)34)8-9-21-16-25(10-7-19(21)2)37(35,36)30-13-11-29(12-14-30)23-6-4-5-22(28)17-23/h4-7,10,16-17,20,26,32H,3,8-9,11-15,18H2,1-2H3,(H,33,34). The number of rotatable bonds is 12. The normalized spacial score (nSPS) is 16.4. The fraction of sp³-hybridized carbons (Fsp3) is 0.481. The van der Waals surface area contributed by atoms with Crippen LogP contribution in [0.3, 0.4) is 0 Å². The fourth-order valence-electron chi connectivity index (χ4n) is 4.60. The topological polar surface area (TPSA) is 115 Å². The van der Waals surface area contributed by atoms with Crippen LogP contribution < -0.4 is 4.90 Å². The maximum atomic E-state index is 13.4. The molecule has 0 spiro atoms. The number of carbonyl (C=O) groups excluding carboxylic acids is 1. The summed E-state index contributed by atoms with van der Waals surface area (Å²) in [7, 11) is -3.66. The highest BCUT2D eigenvalue weighted by atomic mass is 35.5. The van der Waals surface area contributed by atoms with Crippen LogP contribution in [0.5, 0.6) is 0 Å². The lowest BCUT2D eigenvalue weighted by atomic mass is 9.90. The second-order valence-corrected chi connectivity index (χ2v) is 11.9. The van der Waals surface area contributed by atoms with Gasteiger partial charge < -0.3 is 15.1 Å². The third kappa shape index (κ3) is 7.77. The molecule has 37 heavy (non-hydrogen) atoms. The van der Waals surface area contributed by atoms with E-state index in [0.29, 0.717) is 44.0 Å². The zero-order valence-corrected chi connectivity index (χ0v) is 22.8. The molecule has 2 aromatic carbocycles. The maximum Gasteiger partial charge on any atom is 0.332 e. The smallest absolute Gasteiger partial charge is 0.332 e. The number of aliphatic hydroxyl groups excluding tert-OH is 1. The maximum absolute atomic E-state index is 13.4. The molecule has 0 aliphatic carbocycles. The highest BCUT2D eigenvalue weighted by Crippen LogP contribution is 2.26. The first-order valence-corrected chi connectivity index (χ1v) is 14.4. The molecule has 2 atom stereocenters. The molecule has 1 fully saturated rings. The van der Waals surface area contributed by atoms with Crippen molar-refractivity contribution in [2.45, 2.75) is 57.0 Å². The Balaban J connectivity index is 1.63. The third-order valence-electron chi connectivity index (χ3n) is 6.99. The van der Waals surface area contributed by atoms with E-state index in [4.69, 9.17) is 16.7 Å². The lowest BCUT2D eigenvalue weighted by molar-refractivity contribution is -0.149. The fourth-order valence-corrected chi connectivity index (χ4v) is 6.26. The van der Waals surface area contributed by atoms with Crippen LogP contribution >= 0.6 is 11.6 Å². The number of carbonyl (C=O) groups is 2. The van der Waals surface area contributed by atoms with E-state index in [1.807, 2.05) is 44.2 Å². The Morgan fingerprint density at radius 2 is 1.76 bits per heavy atom. The van der Waals surface area contributed by atoms with Crippen molar-refractivity contribution in [2.24, 2.45) is 5.92 Å². The molecular formula is C27H35ClN2O6S. The summed E-state index contributed by atoms with van der Waals surface area (Å²) in [6.45, 7) is 5.79. The number of benzene rings is 2. The number of anilines is 1. The average molecular weight is 551 g/mol. The van der Waals surface area contributed by atoms with E-state index in [9.17, 15) is 23.1 Å². The first-order chi connectivity index (χ1) is 17.5. The zero-order chi connectivity index (χ0) is 27.2. The van der Waals surface area contributed by atoms with Crippen LogP contribution in [0.2, 0.25) is 5.02 Å². The number of aliphatic hydroxyl groups is 1. The van der Waals surface area contributed by atoms with Crippen LogP contribution in [0, 0.1) is 12.8 Å². The Morgan fingerprint density at radius 1 is 1.05 bits per heavy atom. The Labute approximate surface area is 223 Å².